The number of benzene rings is 5. The summed E-state index contributed by atoms with van der Waals surface area (Å²) < 4.78 is 21.2. The molecular weight excluding hydrogens is 831 g/mol. The third-order valence-electron chi connectivity index (χ3n) is 13.3. The maximum Gasteiger partial charge on any atom is 0.254 e. The molecule has 2 N–H and O–H groups in total. The van der Waals surface area contributed by atoms with Gasteiger partial charge in [-0.25, -0.2) is 0 Å². The molecule has 0 unspecified atom stereocenters. The summed E-state index contributed by atoms with van der Waals surface area (Å²) in [5.74, 6) is -0.880. The lowest BCUT2D eigenvalue weighted by Gasteiger charge is -2.60. The van der Waals surface area contributed by atoms with Gasteiger partial charge in [-0.2, -0.15) is 5.26 Å². The second kappa shape index (κ2) is 21.2. The molecule has 5 aromatic rings. The second-order valence-electron chi connectivity index (χ2n) is 17.2. The van der Waals surface area contributed by atoms with Crippen molar-refractivity contribution in [2.45, 2.75) is 76.2 Å². The minimum atomic E-state index is -1.50. The molecule has 340 valence electrons. The van der Waals surface area contributed by atoms with Gasteiger partial charge in [-0.3, -0.25) is 9.59 Å². The SMILES string of the molecule is C=CCO[C@@]12Oc3ccc(Oc4cccc(C=O)c4)cc3[C@H]3[C@H](CCCCO)[C@@H](CCCCO)C=C(C(=NOCC)C[C@@H]1N(Cc1cccc4ccccc14)C(=O)c1ccc(C#N)cc1)[C@H]32. The molecule has 1 saturated carbocycles. The highest BCUT2D eigenvalue weighted by Crippen LogP contribution is 2.62. The zero-order valence-electron chi connectivity index (χ0n) is 37.4. The highest BCUT2D eigenvalue weighted by molar-refractivity contribution is 6.03. The van der Waals surface area contributed by atoms with Crippen molar-refractivity contribution in [2.75, 3.05) is 26.4 Å². The normalized spacial score (nSPS) is 22.2. The van der Waals surface area contributed by atoms with Crippen LogP contribution in [0.4, 0.5) is 0 Å². The van der Waals surface area contributed by atoms with E-state index in [1.165, 1.54) is 0 Å². The maximum absolute atomic E-state index is 15.5. The van der Waals surface area contributed by atoms with E-state index in [1.54, 1.807) is 48.5 Å². The van der Waals surface area contributed by atoms with Crippen LogP contribution in [0.15, 0.2) is 139 Å². The zero-order valence-corrected chi connectivity index (χ0v) is 37.4. The molecule has 0 spiro atoms. The number of carbonyl (C=O) groups excluding carboxylic acids is 2. The monoisotopic (exact) mass is 887 g/mol. The summed E-state index contributed by atoms with van der Waals surface area (Å²) in [4.78, 5) is 35.1. The van der Waals surface area contributed by atoms with Gasteiger partial charge in [-0.1, -0.05) is 84.7 Å². The molecule has 6 atom stereocenters. The van der Waals surface area contributed by atoms with Gasteiger partial charge in [0.25, 0.3) is 5.91 Å². The third kappa shape index (κ3) is 9.40. The van der Waals surface area contributed by atoms with Crippen LogP contribution in [-0.2, 0) is 16.1 Å². The number of rotatable bonds is 20. The molecule has 0 aromatic heterocycles. The first-order chi connectivity index (χ1) is 32.4. The summed E-state index contributed by atoms with van der Waals surface area (Å²) in [6, 6.07) is 35.1. The van der Waals surface area contributed by atoms with E-state index in [0.29, 0.717) is 59.1 Å². The zero-order chi connectivity index (χ0) is 46.0. The molecule has 0 bridgehead atoms. The van der Waals surface area contributed by atoms with E-state index in [4.69, 9.17) is 24.2 Å². The molecule has 5 aromatic carbocycles. The van der Waals surface area contributed by atoms with Crippen molar-refractivity contribution in [3.05, 3.63) is 161 Å². The summed E-state index contributed by atoms with van der Waals surface area (Å²) >= 11 is 0. The second-order valence-corrected chi connectivity index (χ2v) is 17.2. The number of nitriles is 1. The van der Waals surface area contributed by atoms with Crippen molar-refractivity contribution in [3.8, 4) is 23.3 Å². The van der Waals surface area contributed by atoms with Gasteiger partial charge < -0.3 is 34.2 Å². The fraction of sp³-hybridized carbons (Fsp3) is 0.345. The highest BCUT2D eigenvalue weighted by atomic mass is 16.7. The number of aldehydes is 1. The van der Waals surface area contributed by atoms with Gasteiger partial charge in [-0.15, -0.1) is 6.58 Å². The van der Waals surface area contributed by atoms with Gasteiger partial charge in [0.2, 0.25) is 5.79 Å². The van der Waals surface area contributed by atoms with Crippen LogP contribution < -0.4 is 9.47 Å². The molecule has 1 amide bonds. The summed E-state index contributed by atoms with van der Waals surface area (Å²) in [5, 5.41) is 36.6. The Balaban J connectivity index is 1.37. The fourth-order valence-electron chi connectivity index (χ4n) is 10.4. The largest absolute Gasteiger partial charge is 0.459 e. The lowest BCUT2D eigenvalue weighted by atomic mass is 9.55. The van der Waals surface area contributed by atoms with Gasteiger partial charge in [0.05, 0.1) is 29.9 Å². The molecule has 1 fully saturated rings. The number of aliphatic hydroxyl groups is 2. The minimum absolute atomic E-state index is 0.000159. The average molecular weight is 888 g/mol. The Bertz CT molecular complexity index is 2630. The van der Waals surface area contributed by atoms with Crippen molar-refractivity contribution in [2.24, 2.45) is 22.9 Å². The van der Waals surface area contributed by atoms with Gasteiger partial charge in [-0.05, 0) is 121 Å². The van der Waals surface area contributed by atoms with Crippen LogP contribution >= 0.6 is 0 Å². The lowest BCUT2D eigenvalue weighted by molar-refractivity contribution is -0.255. The van der Waals surface area contributed by atoms with Crippen LogP contribution in [0.5, 0.6) is 17.2 Å². The number of aliphatic hydroxyl groups excluding tert-OH is 2. The number of fused-ring (bicyclic) bond motifs is 3. The Hall–Kier alpha value is -6.58. The minimum Gasteiger partial charge on any atom is -0.459 e. The van der Waals surface area contributed by atoms with Gasteiger partial charge in [0.1, 0.15) is 36.2 Å². The predicted octanol–water partition coefficient (Wildman–Crippen LogP) is 10.3. The third-order valence-corrected chi connectivity index (χ3v) is 13.3. The van der Waals surface area contributed by atoms with Crippen LogP contribution in [0.3, 0.4) is 0 Å². The topological polar surface area (TPSA) is 151 Å². The number of carbonyl (C=O) groups is 2. The van der Waals surface area contributed by atoms with E-state index in [2.05, 4.69) is 36.9 Å². The van der Waals surface area contributed by atoms with Crippen molar-refractivity contribution in [3.63, 3.8) is 0 Å². The Morgan fingerprint density at radius 3 is 2.45 bits per heavy atom. The number of nitrogens with zero attached hydrogens (tertiary/aromatic N) is 3. The number of oxime groups is 1. The van der Waals surface area contributed by atoms with Gasteiger partial charge in [0, 0.05) is 48.8 Å². The van der Waals surface area contributed by atoms with E-state index >= 15 is 4.79 Å². The summed E-state index contributed by atoms with van der Waals surface area (Å²) in [7, 11) is 0. The Kier molecular flexibility index (Phi) is 14.7. The molecule has 1 heterocycles. The average Bonchev–Trinajstić information content (AvgIpc) is 3.35. The van der Waals surface area contributed by atoms with Crippen molar-refractivity contribution >= 4 is 28.7 Å². The summed E-state index contributed by atoms with van der Waals surface area (Å²) in [6.45, 7) is 6.74. The fourth-order valence-corrected chi connectivity index (χ4v) is 10.4. The smallest absolute Gasteiger partial charge is 0.254 e. The molecular formula is C55H57N3O8. The van der Waals surface area contributed by atoms with E-state index in [0.717, 1.165) is 59.4 Å². The van der Waals surface area contributed by atoms with E-state index in [9.17, 15) is 20.3 Å². The van der Waals surface area contributed by atoms with Crippen LogP contribution in [0, 0.1) is 29.1 Å². The molecule has 0 radical (unpaired) electrons. The molecule has 66 heavy (non-hydrogen) atoms. The molecule has 8 rings (SSSR count). The first kappa shape index (κ1) is 46.0. The van der Waals surface area contributed by atoms with Crippen LogP contribution in [-0.4, -0.2) is 71.3 Å². The molecule has 0 saturated heterocycles. The molecule has 2 aliphatic carbocycles. The number of hydrogen-bond donors (Lipinski definition) is 2. The molecule has 1 aliphatic heterocycles. The Morgan fingerprint density at radius 2 is 1.70 bits per heavy atom. The first-order valence-corrected chi connectivity index (χ1v) is 23.1. The van der Waals surface area contributed by atoms with Crippen molar-refractivity contribution < 1.29 is 38.9 Å². The molecule has 3 aliphatic rings. The molecule has 11 heteroatoms. The maximum atomic E-state index is 15.5. The standard InChI is InChI=1S/C55H57N3O8/c1-3-29-63-55-51(58(54(62)40-23-21-37(34-56)22-24-40)35-42-17-12-16-39-14-5-6-19-45(39)42)33-49(57-64-4-2)47-31-41(15-7-9-27-59)46(20-8-10-28-60)52(53(47)55)48-32-44(25-26-50(48)66-55)65-43-18-11-13-38(30-43)36-61/h3,5-6,11-14,16-19,21-26,30-32,36,41,46,51-53,59-60H,1,4,7-10,15,20,27-29,33,35H2,2H3/t41-,46+,51-,52+,53+,55+/m0/s1. The Morgan fingerprint density at radius 1 is 0.939 bits per heavy atom. The van der Waals surface area contributed by atoms with Gasteiger partial charge in [0.15, 0.2) is 0 Å². The van der Waals surface area contributed by atoms with Crippen molar-refractivity contribution in [1.82, 2.24) is 4.90 Å². The first-order valence-electron chi connectivity index (χ1n) is 23.1. The van der Waals surface area contributed by atoms with E-state index in [1.807, 2.05) is 60.4 Å². The number of hydrogen-bond acceptors (Lipinski definition) is 10. The summed E-state index contributed by atoms with van der Waals surface area (Å²) in [6.07, 6.45) is 9.46. The molecule has 11 nitrogen and oxygen atoms in total. The van der Waals surface area contributed by atoms with Crippen LogP contribution in [0.2, 0.25) is 0 Å². The lowest BCUT2D eigenvalue weighted by Crippen LogP contribution is -2.70. The van der Waals surface area contributed by atoms with Crippen LogP contribution in [0.25, 0.3) is 10.8 Å². The number of unbranched alkanes of at least 4 members (excludes halogenated alkanes) is 2. The highest BCUT2D eigenvalue weighted by Gasteiger charge is 2.65. The van der Waals surface area contributed by atoms with Crippen molar-refractivity contribution in [1.29, 1.82) is 5.26 Å². The van der Waals surface area contributed by atoms with E-state index in [-0.39, 0.29) is 56.4 Å². The number of allylic oxidation sites excluding steroid dienone is 1. The Labute approximate surface area is 386 Å². The number of amides is 1. The van der Waals surface area contributed by atoms with Crippen LogP contribution in [0.1, 0.15) is 95.2 Å². The summed E-state index contributed by atoms with van der Waals surface area (Å²) in [5.41, 5.74) is 4.79. The van der Waals surface area contributed by atoms with Gasteiger partial charge >= 0.3 is 0 Å². The van der Waals surface area contributed by atoms with E-state index < -0.39 is 17.7 Å². The predicted molar refractivity (Wildman–Crippen MR) is 253 cm³/mol. The number of ether oxygens (including phenoxy) is 3. The quantitative estimate of drug-likeness (QED) is 0.0337.